The maximum absolute atomic E-state index is 12.8. The molecule has 2 N–H and O–H groups in total. The minimum absolute atomic E-state index is 0.0100. The summed E-state index contributed by atoms with van der Waals surface area (Å²) in [6, 6.07) is 8.67. The zero-order chi connectivity index (χ0) is 21.7. The van der Waals surface area contributed by atoms with E-state index in [1.807, 2.05) is 29.2 Å². The molecule has 162 valence electrons. The van der Waals surface area contributed by atoms with Crippen LogP contribution in [0.3, 0.4) is 0 Å². The maximum Gasteiger partial charge on any atom is 0.417 e. The number of rotatable bonds is 5. The van der Waals surface area contributed by atoms with Gasteiger partial charge in [0.05, 0.1) is 17.7 Å². The van der Waals surface area contributed by atoms with Gasteiger partial charge in [-0.2, -0.15) is 13.2 Å². The summed E-state index contributed by atoms with van der Waals surface area (Å²) in [4.78, 5) is 10.1. The van der Waals surface area contributed by atoms with Crippen molar-refractivity contribution >= 4 is 23.4 Å². The summed E-state index contributed by atoms with van der Waals surface area (Å²) < 4.78 is 43.8. The van der Waals surface area contributed by atoms with Crippen LogP contribution in [0.4, 0.5) is 19.0 Å². The fourth-order valence-corrected chi connectivity index (χ4v) is 3.59. The summed E-state index contributed by atoms with van der Waals surface area (Å²) in [5, 5.41) is 6.57. The normalized spacial score (nSPS) is 17.2. The van der Waals surface area contributed by atoms with Crippen molar-refractivity contribution in [1.82, 2.24) is 15.6 Å². The molecule has 0 bridgehead atoms. The molecule has 1 aromatic carbocycles. The molecule has 0 radical (unpaired) electrons. The Morgan fingerprint density at radius 2 is 2.13 bits per heavy atom. The molecule has 6 nitrogen and oxygen atoms in total. The molecule has 0 amide bonds. The van der Waals surface area contributed by atoms with E-state index in [-0.39, 0.29) is 11.1 Å². The number of halogens is 4. The Labute approximate surface area is 178 Å². The van der Waals surface area contributed by atoms with Gasteiger partial charge in [-0.15, -0.1) is 0 Å². The lowest BCUT2D eigenvalue weighted by Crippen LogP contribution is -2.44. The van der Waals surface area contributed by atoms with Crippen molar-refractivity contribution in [1.29, 1.82) is 0 Å². The minimum atomic E-state index is -4.47. The Bertz CT molecular complexity index is 906. The summed E-state index contributed by atoms with van der Waals surface area (Å²) in [5.41, 5.74) is 0.141. The molecule has 0 aliphatic carbocycles. The first-order valence-electron chi connectivity index (χ1n) is 9.38. The lowest BCUT2D eigenvalue weighted by Gasteiger charge is -2.21. The Kier molecular flexibility index (Phi) is 6.91. The average Bonchev–Trinajstić information content (AvgIpc) is 3.18. The number of hydrogen-bond acceptors (Lipinski definition) is 4. The van der Waals surface area contributed by atoms with E-state index >= 15 is 0 Å². The molecule has 1 aliphatic heterocycles. The second-order valence-corrected chi connectivity index (χ2v) is 7.25. The van der Waals surface area contributed by atoms with Crippen LogP contribution in [0.1, 0.15) is 17.5 Å². The second kappa shape index (κ2) is 9.42. The topological polar surface area (TPSA) is 61.8 Å². The van der Waals surface area contributed by atoms with Crippen LogP contribution in [0.5, 0.6) is 5.75 Å². The molecule has 0 saturated carbocycles. The number of guanidine groups is 1. The zero-order valence-corrected chi connectivity index (χ0v) is 17.4. The lowest BCUT2D eigenvalue weighted by molar-refractivity contribution is -0.137. The zero-order valence-electron chi connectivity index (χ0n) is 16.6. The van der Waals surface area contributed by atoms with Crippen LogP contribution in [-0.4, -0.2) is 44.2 Å². The van der Waals surface area contributed by atoms with E-state index in [1.165, 1.54) is 0 Å². The molecule has 1 aliphatic rings. The molecule has 1 fully saturated rings. The summed E-state index contributed by atoms with van der Waals surface area (Å²) in [6.45, 7) is 1.71. The summed E-state index contributed by atoms with van der Waals surface area (Å²) >= 11 is 6.07. The Balaban J connectivity index is 1.58. The van der Waals surface area contributed by atoms with Crippen LogP contribution in [0.2, 0.25) is 5.02 Å². The van der Waals surface area contributed by atoms with Gasteiger partial charge in [0.2, 0.25) is 0 Å². The number of nitrogens with one attached hydrogen (secondary N) is 2. The first kappa shape index (κ1) is 22.0. The molecular weight excluding hydrogens is 419 g/mol. The van der Waals surface area contributed by atoms with Gasteiger partial charge in [-0.05, 0) is 18.6 Å². The van der Waals surface area contributed by atoms with Gasteiger partial charge in [-0.25, -0.2) is 4.98 Å². The third-order valence-corrected chi connectivity index (χ3v) is 5.12. The van der Waals surface area contributed by atoms with E-state index in [4.69, 9.17) is 16.3 Å². The third kappa shape index (κ3) is 5.27. The lowest BCUT2D eigenvalue weighted by atomic mass is 10.2. The van der Waals surface area contributed by atoms with Crippen molar-refractivity contribution in [2.24, 2.45) is 4.99 Å². The number of para-hydroxylation sites is 1. The van der Waals surface area contributed by atoms with E-state index in [2.05, 4.69) is 20.6 Å². The summed E-state index contributed by atoms with van der Waals surface area (Å²) in [6.07, 6.45) is -2.88. The van der Waals surface area contributed by atoms with E-state index in [1.54, 1.807) is 14.2 Å². The smallest absolute Gasteiger partial charge is 0.417 e. The van der Waals surface area contributed by atoms with Crippen molar-refractivity contribution in [2.75, 3.05) is 32.1 Å². The predicted molar refractivity (Wildman–Crippen MR) is 111 cm³/mol. The van der Waals surface area contributed by atoms with E-state index in [0.29, 0.717) is 31.4 Å². The van der Waals surface area contributed by atoms with Gasteiger partial charge >= 0.3 is 6.18 Å². The van der Waals surface area contributed by atoms with E-state index in [9.17, 15) is 13.2 Å². The van der Waals surface area contributed by atoms with Crippen LogP contribution < -0.4 is 20.3 Å². The number of nitrogens with zero attached hydrogens (tertiary/aromatic N) is 3. The Hall–Kier alpha value is -2.68. The monoisotopic (exact) mass is 441 g/mol. The molecular formula is C20H23ClF3N5O. The van der Waals surface area contributed by atoms with Gasteiger partial charge in [0.1, 0.15) is 11.6 Å². The average molecular weight is 442 g/mol. The summed E-state index contributed by atoms with van der Waals surface area (Å²) in [5.74, 6) is 1.76. The number of benzene rings is 1. The van der Waals surface area contributed by atoms with Gasteiger partial charge in [0, 0.05) is 44.5 Å². The van der Waals surface area contributed by atoms with Crippen LogP contribution in [0, 0.1) is 0 Å². The molecule has 1 saturated heterocycles. The van der Waals surface area contributed by atoms with Crippen molar-refractivity contribution in [2.45, 2.75) is 25.2 Å². The number of anilines is 1. The van der Waals surface area contributed by atoms with Crippen LogP contribution in [0.15, 0.2) is 41.5 Å². The van der Waals surface area contributed by atoms with Gasteiger partial charge in [-0.3, -0.25) is 4.99 Å². The highest BCUT2D eigenvalue weighted by Crippen LogP contribution is 2.34. The Morgan fingerprint density at radius 3 is 2.80 bits per heavy atom. The minimum Gasteiger partial charge on any atom is -0.496 e. The van der Waals surface area contributed by atoms with Crippen molar-refractivity contribution in [3.63, 3.8) is 0 Å². The first-order chi connectivity index (χ1) is 14.3. The molecule has 30 heavy (non-hydrogen) atoms. The third-order valence-electron chi connectivity index (χ3n) is 4.84. The number of pyridine rings is 1. The van der Waals surface area contributed by atoms with Gasteiger partial charge < -0.3 is 20.3 Å². The fraction of sp³-hybridized carbons (Fsp3) is 0.400. The van der Waals surface area contributed by atoms with Crippen LogP contribution in [0.25, 0.3) is 0 Å². The standard InChI is InChI=1S/C20H23ClF3N5O/c1-25-19(27-10-13-5-3-4-6-17(13)30-2)28-15-7-8-29(12-15)18-16(21)9-14(11-26-18)20(22,23)24/h3-6,9,11,15H,7-8,10,12H2,1-2H3,(H2,25,27,28). The number of hydrogen-bond donors (Lipinski definition) is 2. The number of aliphatic imine (C=N–C) groups is 1. The van der Waals surface area contributed by atoms with Crippen molar-refractivity contribution in [3.8, 4) is 5.75 Å². The highest BCUT2D eigenvalue weighted by Gasteiger charge is 2.33. The molecule has 1 unspecified atom stereocenters. The molecule has 1 aromatic heterocycles. The van der Waals surface area contributed by atoms with E-state index in [0.717, 1.165) is 30.0 Å². The Morgan fingerprint density at radius 1 is 1.37 bits per heavy atom. The van der Waals surface area contributed by atoms with Crippen LogP contribution >= 0.6 is 11.6 Å². The molecule has 2 heterocycles. The summed E-state index contributed by atoms with van der Waals surface area (Å²) in [7, 11) is 3.30. The highest BCUT2D eigenvalue weighted by atomic mass is 35.5. The molecule has 2 aromatic rings. The van der Waals surface area contributed by atoms with Gasteiger partial charge in [0.25, 0.3) is 0 Å². The number of alkyl halides is 3. The van der Waals surface area contributed by atoms with Crippen LogP contribution in [-0.2, 0) is 12.7 Å². The second-order valence-electron chi connectivity index (χ2n) is 6.84. The maximum atomic E-state index is 12.8. The largest absolute Gasteiger partial charge is 0.496 e. The fourth-order valence-electron chi connectivity index (χ4n) is 3.30. The highest BCUT2D eigenvalue weighted by molar-refractivity contribution is 6.33. The molecule has 10 heteroatoms. The number of ether oxygens (including phenoxy) is 1. The molecule has 3 rings (SSSR count). The van der Waals surface area contributed by atoms with Gasteiger partial charge in [-0.1, -0.05) is 29.8 Å². The van der Waals surface area contributed by atoms with Crippen molar-refractivity contribution in [3.05, 3.63) is 52.7 Å². The number of aromatic nitrogens is 1. The first-order valence-corrected chi connectivity index (χ1v) is 9.76. The van der Waals surface area contributed by atoms with E-state index < -0.39 is 11.7 Å². The quantitative estimate of drug-likeness (QED) is 0.547. The van der Waals surface area contributed by atoms with Gasteiger partial charge in [0.15, 0.2) is 5.96 Å². The SMILES string of the molecule is CN=C(NCc1ccccc1OC)NC1CCN(c2ncc(C(F)(F)F)cc2Cl)C1. The predicted octanol–water partition coefficient (Wildman–Crippen LogP) is 3.71. The number of methoxy groups -OCH3 is 1. The molecule has 1 atom stereocenters. The van der Waals surface area contributed by atoms with Crippen molar-refractivity contribution < 1.29 is 17.9 Å². The molecule has 0 spiro atoms.